The van der Waals surface area contributed by atoms with Gasteiger partial charge in [-0.3, -0.25) is 4.90 Å². The van der Waals surface area contributed by atoms with E-state index in [1.165, 1.54) is 0 Å². The maximum Gasteiger partial charge on any atom is 0.387 e. The van der Waals surface area contributed by atoms with Crippen molar-refractivity contribution in [3.63, 3.8) is 0 Å². The smallest absolute Gasteiger partial charge is 0.387 e. The normalized spacial score (nSPS) is 24.7. The Morgan fingerprint density at radius 1 is 1.37 bits per heavy atom. The molecule has 106 valence electrons. The van der Waals surface area contributed by atoms with Crippen molar-refractivity contribution in [2.45, 2.75) is 32.5 Å². The molecule has 1 aromatic rings. The highest BCUT2D eigenvalue weighted by Crippen LogP contribution is 2.19. The van der Waals surface area contributed by atoms with Gasteiger partial charge < -0.3 is 10.5 Å². The molecule has 0 radical (unpaired) electrons. The molecule has 1 heterocycles. The second-order valence-electron chi connectivity index (χ2n) is 5.19. The topological polar surface area (TPSA) is 38.5 Å². The van der Waals surface area contributed by atoms with E-state index in [0.29, 0.717) is 5.92 Å². The summed E-state index contributed by atoms with van der Waals surface area (Å²) in [5.41, 5.74) is 7.09. The van der Waals surface area contributed by atoms with Gasteiger partial charge in [0.1, 0.15) is 5.75 Å². The van der Waals surface area contributed by atoms with Crippen molar-refractivity contribution < 1.29 is 13.5 Å². The molecular weight excluding hydrogens is 250 g/mol. The lowest BCUT2D eigenvalue weighted by atomic mass is 9.94. The van der Waals surface area contributed by atoms with Gasteiger partial charge in [-0.15, -0.1) is 0 Å². The SMILES string of the molecule is CC1CN(Cc2ccc(OC(F)F)cc2)CCC1N. The Balaban J connectivity index is 1.89. The Labute approximate surface area is 112 Å². The van der Waals surface area contributed by atoms with Crippen molar-refractivity contribution in [2.24, 2.45) is 11.7 Å². The summed E-state index contributed by atoms with van der Waals surface area (Å²) in [6.07, 6.45) is 1.01. The molecule has 19 heavy (non-hydrogen) atoms. The summed E-state index contributed by atoms with van der Waals surface area (Å²) >= 11 is 0. The summed E-state index contributed by atoms with van der Waals surface area (Å²) in [6.45, 7) is 2.19. The van der Waals surface area contributed by atoms with Crippen LogP contribution in [0.2, 0.25) is 0 Å². The molecule has 1 aliphatic rings. The molecule has 5 heteroatoms. The van der Waals surface area contributed by atoms with Crippen LogP contribution in [0.25, 0.3) is 0 Å². The summed E-state index contributed by atoms with van der Waals surface area (Å²) in [5.74, 6) is 0.697. The van der Waals surface area contributed by atoms with Gasteiger partial charge in [-0.05, 0) is 36.6 Å². The molecule has 0 saturated carbocycles. The molecule has 1 fully saturated rings. The monoisotopic (exact) mass is 270 g/mol. The number of nitrogens with zero attached hydrogens (tertiary/aromatic N) is 1. The third kappa shape index (κ3) is 4.14. The highest BCUT2D eigenvalue weighted by atomic mass is 19.3. The minimum atomic E-state index is -2.77. The first kappa shape index (κ1) is 14.2. The Kier molecular flexibility index (Phi) is 4.71. The largest absolute Gasteiger partial charge is 0.435 e. The van der Waals surface area contributed by atoms with Crippen molar-refractivity contribution in [1.29, 1.82) is 0 Å². The Bertz CT molecular complexity index is 397. The molecular formula is C14H20F2N2O. The fraction of sp³-hybridized carbons (Fsp3) is 0.571. The van der Waals surface area contributed by atoms with Gasteiger partial charge in [0.2, 0.25) is 0 Å². The van der Waals surface area contributed by atoms with Crippen LogP contribution < -0.4 is 10.5 Å². The number of nitrogens with two attached hydrogens (primary N) is 1. The predicted octanol–water partition coefficient (Wildman–Crippen LogP) is 2.46. The quantitative estimate of drug-likeness (QED) is 0.913. The molecule has 1 saturated heterocycles. The first-order chi connectivity index (χ1) is 9.04. The highest BCUT2D eigenvalue weighted by molar-refractivity contribution is 5.27. The number of piperidine rings is 1. The maximum absolute atomic E-state index is 12.0. The average Bonchev–Trinajstić information content (AvgIpc) is 2.36. The summed E-state index contributed by atoms with van der Waals surface area (Å²) in [6, 6.07) is 7.12. The number of hydrogen-bond acceptors (Lipinski definition) is 3. The minimum Gasteiger partial charge on any atom is -0.435 e. The highest BCUT2D eigenvalue weighted by Gasteiger charge is 2.22. The van der Waals surface area contributed by atoms with Crippen molar-refractivity contribution in [2.75, 3.05) is 13.1 Å². The van der Waals surface area contributed by atoms with E-state index in [1.807, 2.05) is 12.1 Å². The van der Waals surface area contributed by atoms with E-state index in [1.54, 1.807) is 12.1 Å². The van der Waals surface area contributed by atoms with E-state index >= 15 is 0 Å². The van der Waals surface area contributed by atoms with Crippen LogP contribution in [-0.2, 0) is 6.54 Å². The van der Waals surface area contributed by atoms with E-state index in [4.69, 9.17) is 5.73 Å². The second kappa shape index (κ2) is 6.30. The molecule has 0 spiro atoms. The van der Waals surface area contributed by atoms with Gasteiger partial charge in [0, 0.05) is 19.1 Å². The van der Waals surface area contributed by atoms with Crippen LogP contribution in [0.5, 0.6) is 5.75 Å². The maximum atomic E-state index is 12.0. The number of likely N-dealkylation sites (tertiary alicyclic amines) is 1. The van der Waals surface area contributed by atoms with Gasteiger partial charge in [-0.25, -0.2) is 0 Å². The third-order valence-electron chi connectivity index (χ3n) is 3.61. The molecule has 0 bridgehead atoms. The van der Waals surface area contributed by atoms with E-state index in [0.717, 1.165) is 31.6 Å². The predicted molar refractivity (Wildman–Crippen MR) is 70.1 cm³/mol. The Morgan fingerprint density at radius 3 is 2.63 bits per heavy atom. The number of benzene rings is 1. The zero-order chi connectivity index (χ0) is 13.8. The van der Waals surface area contributed by atoms with Gasteiger partial charge in [-0.1, -0.05) is 19.1 Å². The van der Waals surface area contributed by atoms with Gasteiger partial charge in [-0.2, -0.15) is 8.78 Å². The Morgan fingerprint density at radius 2 is 2.05 bits per heavy atom. The number of rotatable bonds is 4. The fourth-order valence-corrected chi connectivity index (χ4v) is 2.43. The van der Waals surface area contributed by atoms with Crippen LogP contribution in [0.3, 0.4) is 0 Å². The molecule has 1 aliphatic heterocycles. The molecule has 0 aromatic heterocycles. The Hall–Kier alpha value is -1.20. The zero-order valence-corrected chi connectivity index (χ0v) is 11.1. The van der Waals surface area contributed by atoms with Gasteiger partial charge in [0.15, 0.2) is 0 Å². The van der Waals surface area contributed by atoms with Gasteiger partial charge in [0.25, 0.3) is 0 Å². The van der Waals surface area contributed by atoms with Crippen molar-refractivity contribution in [3.8, 4) is 5.75 Å². The second-order valence-corrected chi connectivity index (χ2v) is 5.19. The van der Waals surface area contributed by atoms with Gasteiger partial charge >= 0.3 is 6.61 Å². The molecule has 2 N–H and O–H groups in total. The molecule has 2 unspecified atom stereocenters. The van der Waals surface area contributed by atoms with Crippen LogP contribution >= 0.6 is 0 Å². The summed E-state index contributed by atoms with van der Waals surface area (Å²) in [7, 11) is 0. The summed E-state index contributed by atoms with van der Waals surface area (Å²) < 4.78 is 28.4. The van der Waals surface area contributed by atoms with E-state index in [9.17, 15) is 8.78 Å². The lowest BCUT2D eigenvalue weighted by molar-refractivity contribution is -0.0498. The van der Waals surface area contributed by atoms with Crippen molar-refractivity contribution in [1.82, 2.24) is 4.90 Å². The summed E-state index contributed by atoms with van der Waals surface area (Å²) in [4.78, 5) is 2.34. The van der Waals surface area contributed by atoms with Crippen molar-refractivity contribution >= 4 is 0 Å². The van der Waals surface area contributed by atoms with Gasteiger partial charge in [0.05, 0.1) is 0 Å². The number of hydrogen-bond donors (Lipinski definition) is 1. The van der Waals surface area contributed by atoms with Crippen LogP contribution in [-0.4, -0.2) is 30.6 Å². The summed E-state index contributed by atoms with van der Waals surface area (Å²) in [5, 5.41) is 0. The molecule has 0 amide bonds. The van der Waals surface area contributed by atoms with Crippen molar-refractivity contribution in [3.05, 3.63) is 29.8 Å². The average molecular weight is 270 g/mol. The number of ether oxygens (including phenoxy) is 1. The molecule has 2 atom stereocenters. The first-order valence-corrected chi connectivity index (χ1v) is 6.56. The lowest BCUT2D eigenvalue weighted by Gasteiger charge is -2.35. The van der Waals surface area contributed by atoms with Crippen LogP contribution in [0.1, 0.15) is 18.9 Å². The van der Waals surface area contributed by atoms with Crippen LogP contribution in [0.4, 0.5) is 8.78 Å². The standard InChI is InChI=1S/C14H20F2N2O/c1-10-8-18(7-6-13(10)17)9-11-2-4-12(5-3-11)19-14(15)16/h2-5,10,13-14H,6-9,17H2,1H3. The third-order valence-corrected chi connectivity index (χ3v) is 3.61. The number of alkyl halides is 2. The molecule has 0 aliphatic carbocycles. The molecule has 2 rings (SSSR count). The first-order valence-electron chi connectivity index (χ1n) is 6.56. The van der Waals surface area contributed by atoms with E-state index in [2.05, 4.69) is 16.6 Å². The minimum absolute atomic E-state index is 0.202. The van der Waals surface area contributed by atoms with Crippen LogP contribution in [0.15, 0.2) is 24.3 Å². The van der Waals surface area contributed by atoms with E-state index in [-0.39, 0.29) is 11.8 Å². The number of halogens is 2. The van der Waals surface area contributed by atoms with Crippen LogP contribution in [0, 0.1) is 5.92 Å². The zero-order valence-electron chi connectivity index (χ0n) is 11.1. The fourth-order valence-electron chi connectivity index (χ4n) is 2.43. The molecule has 1 aromatic carbocycles. The van der Waals surface area contributed by atoms with E-state index < -0.39 is 6.61 Å². The molecule has 3 nitrogen and oxygen atoms in total. The lowest BCUT2D eigenvalue weighted by Crippen LogP contribution is -2.45.